The first-order chi connectivity index (χ1) is 14.3. The maximum Gasteiger partial charge on any atom is 0.197 e. The van der Waals surface area contributed by atoms with Crippen molar-refractivity contribution in [2.75, 3.05) is 0 Å². The molecule has 2 aromatic carbocycles. The quantitative estimate of drug-likeness (QED) is 0.362. The third-order valence-electron chi connectivity index (χ3n) is 6.18. The number of fused-ring (bicyclic) bond motifs is 2. The minimum absolute atomic E-state index is 0.0865. The predicted octanol–water partition coefficient (Wildman–Crippen LogP) is 5.28. The van der Waals surface area contributed by atoms with E-state index in [1.54, 1.807) is 24.3 Å². The molecule has 2 aliphatic carbocycles. The van der Waals surface area contributed by atoms with Crippen LogP contribution in [0.4, 0.5) is 0 Å². The number of Topliss-reactive ketones (excluding diaryl/α,β-unsaturated/α-hetero) is 4. The fourth-order valence-corrected chi connectivity index (χ4v) is 4.14. The van der Waals surface area contributed by atoms with Crippen LogP contribution in [0.15, 0.2) is 48.0 Å². The summed E-state index contributed by atoms with van der Waals surface area (Å²) in [5.41, 5.74) is 2.86. The van der Waals surface area contributed by atoms with E-state index in [0.717, 1.165) is 11.1 Å². The lowest BCUT2D eigenvalue weighted by molar-refractivity contribution is 0.0871. The van der Waals surface area contributed by atoms with E-state index in [1.807, 2.05) is 53.7 Å². The summed E-state index contributed by atoms with van der Waals surface area (Å²) in [6, 6.07) is 10.6. The molecule has 0 saturated heterocycles. The van der Waals surface area contributed by atoms with Crippen molar-refractivity contribution in [3.8, 4) is 0 Å². The number of carbonyl (C=O) groups excluding carboxylic acids is 4. The summed E-state index contributed by atoms with van der Waals surface area (Å²) in [4.78, 5) is 51.9. The SMILES string of the molecule is CC(C)(C)c1ccc2c(c1)C(=O)C(=CC1C(=O)c3ccc(C(C)(C)C)cc3C1=O)C2=O. The number of hydrogen-bond donors (Lipinski definition) is 0. The lowest BCUT2D eigenvalue weighted by atomic mass is 9.85. The number of allylic oxidation sites excluding steroid dienone is 2. The zero-order chi connectivity index (χ0) is 22.9. The van der Waals surface area contributed by atoms with Gasteiger partial charge in [-0.3, -0.25) is 19.2 Å². The molecule has 0 spiro atoms. The van der Waals surface area contributed by atoms with E-state index < -0.39 is 17.5 Å². The van der Waals surface area contributed by atoms with Crippen molar-refractivity contribution in [2.45, 2.75) is 52.4 Å². The Morgan fingerprint density at radius 2 is 1.06 bits per heavy atom. The average molecular weight is 415 g/mol. The van der Waals surface area contributed by atoms with Gasteiger partial charge in [-0.25, -0.2) is 0 Å². The minimum atomic E-state index is -1.13. The van der Waals surface area contributed by atoms with Gasteiger partial charge in [-0.2, -0.15) is 0 Å². The highest BCUT2D eigenvalue weighted by Gasteiger charge is 2.41. The Hall–Kier alpha value is -3.14. The zero-order valence-electron chi connectivity index (χ0n) is 18.8. The third-order valence-corrected chi connectivity index (χ3v) is 6.18. The normalized spacial score (nSPS) is 19.9. The molecule has 0 amide bonds. The molecule has 0 bridgehead atoms. The molecule has 4 rings (SSSR count). The Kier molecular flexibility index (Phi) is 4.55. The number of rotatable bonds is 1. The van der Waals surface area contributed by atoms with Crippen LogP contribution in [0.3, 0.4) is 0 Å². The number of benzene rings is 2. The summed E-state index contributed by atoms with van der Waals surface area (Å²) in [7, 11) is 0. The fraction of sp³-hybridized carbons (Fsp3) is 0.333. The maximum absolute atomic E-state index is 13.1. The topological polar surface area (TPSA) is 68.3 Å². The highest BCUT2D eigenvalue weighted by Crippen LogP contribution is 2.36. The van der Waals surface area contributed by atoms with Gasteiger partial charge in [-0.15, -0.1) is 0 Å². The van der Waals surface area contributed by atoms with Crippen LogP contribution in [0.5, 0.6) is 0 Å². The Balaban J connectivity index is 1.73. The molecule has 4 heteroatoms. The van der Waals surface area contributed by atoms with Crippen molar-refractivity contribution in [3.05, 3.63) is 81.4 Å². The molecule has 2 aliphatic rings. The number of hydrogen-bond acceptors (Lipinski definition) is 4. The molecule has 0 heterocycles. The van der Waals surface area contributed by atoms with Gasteiger partial charge < -0.3 is 0 Å². The molecular weight excluding hydrogens is 388 g/mol. The average Bonchev–Trinajstić information content (AvgIpc) is 3.07. The van der Waals surface area contributed by atoms with E-state index in [4.69, 9.17) is 0 Å². The van der Waals surface area contributed by atoms with Crippen molar-refractivity contribution in [2.24, 2.45) is 5.92 Å². The van der Waals surface area contributed by atoms with E-state index >= 15 is 0 Å². The largest absolute Gasteiger partial charge is 0.293 e. The van der Waals surface area contributed by atoms with Crippen LogP contribution < -0.4 is 0 Å². The van der Waals surface area contributed by atoms with Crippen LogP contribution in [0.1, 0.15) is 94.1 Å². The van der Waals surface area contributed by atoms with Crippen molar-refractivity contribution < 1.29 is 19.2 Å². The van der Waals surface area contributed by atoms with Crippen LogP contribution in [-0.4, -0.2) is 23.1 Å². The van der Waals surface area contributed by atoms with Gasteiger partial charge in [0, 0.05) is 22.3 Å². The van der Waals surface area contributed by atoms with E-state index in [0.29, 0.717) is 22.3 Å². The van der Waals surface area contributed by atoms with Crippen molar-refractivity contribution in [1.82, 2.24) is 0 Å². The van der Waals surface area contributed by atoms with E-state index in [-0.39, 0.29) is 28.0 Å². The molecule has 31 heavy (non-hydrogen) atoms. The number of carbonyl (C=O) groups is 4. The highest BCUT2D eigenvalue weighted by molar-refractivity contribution is 6.40. The second-order valence-electron chi connectivity index (χ2n) is 10.5. The molecule has 2 aromatic rings. The molecule has 0 radical (unpaired) electrons. The van der Waals surface area contributed by atoms with Crippen molar-refractivity contribution >= 4 is 23.1 Å². The molecule has 4 nitrogen and oxygen atoms in total. The number of ketones is 4. The molecule has 158 valence electrons. The molecule has 0 aliphatic heterocycles. The maximum atomic E-state index is 13.1. The smallest absolute Gasteiger partial charge is 0.197 e. The molecule has 1 unspecified atom stereocenters. The lowest BCUT2D eigenvalue weighted by Crippen LogP contribution is -2.15. The first kappa shape index (κ1) is 21.1. The van der Waals surface area contributed by atoms with Gasteiger partial charge in [-0.1, -0.05) is 65.8 Å². The minimum Gasteiger partial charge on any atom is -0.293 e. The van der Waals surface area contributed by atoms with Crippen LogP contribution in [0.25, 0.3) is 0 Å². The predicted molar refractivity (Wildman–Crippen MR) is 119 cm³/mol. The van der Waals surface area contributed by atoms with Gasteiger partial charge in [-0.05, 0) is 40.2 Å². The second-order valence-corrected chi connectivity index (χ2v) is 10.5. The van der Waals surface area contributed by atoms with Crippen LogP contribution >= 0.6 is 0 Å². The Bertz CT molecular complexity index is 1210. The Morgan fingerprint density at radius 3 is 1.61 bits per heavy atom. The molecule has 1 atom stereocenters. The summed E-state index contributed by atoms with van der Waals surface area (Å²) >= 11 is 0. The highest BCUT2D eigenvalue weighted by atomic mass is 16.2. The summed E-state index contributed by atoms with van der Waals surface area (Å²) in [6.07, 6.45) is 1.28. The van der Waals surface area contributed by atoms with Crippen LogP contribution in [-0.2, 0) is 10.8 Å². The van der Waals surface area contributed by atoms with E-state index in [9.17, 15) is 19.2 Å². The Labute approximate surface area is 182 Å². The van der Waals surface area contributed by atoms with Gasteiger partial charge in [0.25, 0.3) is 0 Å². The monoisotopic (exact) mass is 414 g/mol. The van der Waals surface area contributed by atoms with Gasteiger partial charge in [0.05, 0.1) is 5.57 Å². The van der Waals surface area contributed by atoms with Gasteiger partial charge in [0.2, 0.25) is 0 Å². The summed E-state index contributed by atoms with van der Waals surface area (Å²) in [6.45, 7) is 12.2. The van der Waals surface area contributed by atoms with Gasteiger partial charge in [0.15, 0.2) is 23.1 Å². The summed E-state index contributed by atoms with van der Waals surface area (Å²) in [5, 5.41) is 0. The van der Waals surface area contributed by atoms with Crippen LogP contribution in [0.2, 0.25) is 0 Å². The molecule has 0 aromatic heterocycles. The van der Waals surface area contributed by atoms with E-state index in [2.05, 4.69) is 0 Å². The standard InChI is InChI=1S/C27H26O4/c1-26(2,3)14-7-9-16-18(11-14)24(30)20(22(16)28)13-21-23(29)17-10-8-15(27(4,5)6)12-19(17)25(21)31/h7-13,20H,1-6H3. The molecule has 0 N–H and O–H groups in total. The van der Waals surface area contributed by atoms with Gasteiger partial charge >= 0.3 is 0 Å². The molecular formula is C27H26O4. The third kappa shape index (κ3) is 3.31. The van der Waals surface area contributed by atoms with Gasteiger partial charge in [0.1, 0.15) is 5.92 Å². The van der Waals surface area contributed by atoms with Crippen molar-refractivity contribution in [3.63, 3.8) is 0 Å². The summed E-state index contributed by atoms with van der Waals surface area (Å²) < 4.78 is 0. The zero-order valence-corrected chi connectivity index (χ0v) is 18.8. The first-order valence-electron chi connectivity index (χ1n) is 10.5. The fourth-order valence-electron chi connectivity index (χ4n) is 4.14. The second kappa shape index (κ2) is 6.68. The molecule has 0 fully saturated rings. The van der Waals surface area contributed by atoms with E-state index in [1.165, 1.54) is 6.08 Å². The van der Waals surface area contributed by atoms with Crippen molar-refractivity contribution in [1.29, 1.82) is 0 Å². The molecule has 0 saturated carbocycles. The Morgan fingerprint density at radius 1 is 0.613 bits per heavy atom. The lowest BCUT2D eigenvalue weighted by Gasteiger charge is -2.19. The summed E-state index contributed by atoms with van der Waals surface area (Å²) in [5.74, 6) is -2.69. The first-order valence-corrected chi connectivity index (χ1v) is 10.5. The van der Waals surface area contributed by atoms with Crippen LogP contribution in [0, 0.1) is 5.92 Å².